The summed E-state index contributed by atoms with van der Waals surface area (Å²) in [7, 11) is 1.86. The van der Waals surface area contributed by atoms with Crippen molar-refractivity contribution in [3.05, 3.63) is 23.8 Å². The number of carbonyl (C=O) groups excluding carboxylic acids is 1. The molecule has 0 atom stereocenters. The van der Waals surface area contributed by atoms with Gasteiger partial charge in [-0.3, -0.25) is 9.69 Å². The molecule has 0 saturated heterocycles. The number of nitriles is 1. The Morgan fingerprint density at radius 1 is 1.50 bits per heavy atom. The van der Waals surface area contributed by atoms with Crippen LogP contribution in [0.15, 0.2) is 18.2 Å². The lowest BCUT2D eigenvalue weighted by Gasteiger charge is -2.27. The van der Waals surface area contributed by atoms with Crippen molar-refractivity contribution in [1.29, 1.82) is 5.26 Å². The smallest absolute Gasteiger partial charge is 0.228 e. The number of hydrogen-bond donors (Lipinski definition) is 1. The first-order valence-electron chi connectivity index (χ1n) is 5.24. The highest BCUT2D eigenvalue weighted by Crippen LogP contribution is 2.29. The maximum atomic E-state index is 11.7. The molecule has 1 aromatic carbocycles. The number of hydrogen-bond acceptors (Lipinski definition) is 3. The third kappa shape index (κ3) is 1.72. The topological polar surface area (TPSA) is 56.1 Å². The van der Waals surface area contributed by atoms with Crippen molar-refractivity contribution in [1.82, 2.24) is 0 Å². The van der Waals surface area contributed by atoms with E-state index in [-0.39, 0.29) is 12.5 Å². The monoisotopic (exact) mass is 215 g/mol. The summed E-state index contributed by atoms with van der Waals surface area (Å²) < 4.78 is 0. The van der Waals surface area contributed by atoms with Crippen LogP contribution in [0.5, 0.6) is 0 Å². The number of fused-ring (bicyclic) bond motifs is 1. The van der Waals surface area contributed by atoms with Gasteiger partial charge in [0.25, 0.3) is 0 Å². The molecule has 1 aromatic rings. The average Bonchev–Trinajstić information content (AvgIpc) is 2.32. The molecule has 0 aromatic heterocycles. The van der Waals surface area contributed by atoms with Gasteiger partial charge >= 0.3 is 0 Å². The lowest BCUT2D eigenvalue weighted by molar-refractivity contribution is -0.118. The molecule has 0 saturated carbocycles. The molecule has 1 heterocycles. The number of benzene rings is 1. The van der Waals surface area contributed by atoms with Gasteiger partial charge in [-0.15, -0.1) is 0 Å². The fourth-order valence-electron chi connectivity index (χ4n) is 1.96. The lowest BCUT2D eigenvalue weighted by atomic mass is 10.0. The molecule has 82 valence electrons. The van der Waals surface area contributed by atoms with Gasteiger partial charge in [0.2, 0.25) is 5.91 Å². The summed E-state index contributed by atoms with van der Waals surface area (Å²) in [6, 6.07) is 7.88. The number of nitrogens with one attached hydrogen (secondary N) is 1. The maximum Gasteiger partial charge on any atom is 0.228 e. The van der Waals surface area contributed by atoms with Gasteiger partial charge < -0.3 is 5.32 Å². The Morgan fingerprint density at radius 3 is 3.00 bits per heavy atom. The van der Waals surface area contributed by atoms with E-state index in [2.05, 4.69) is 5.32 Å². The molecule has 0 fully saturated rings. The number of carbonyl (C=O) groups is 1. The van der Waals surface area contributed by atoms with Crippen molar-refractivity contribution in [2.75, 3.05) is 23.8 Å². The highest BCUT2D eigenvalue weighted by molar-refractivity contribution is 5.97. The summed E-state index contributed by atoms with van der Waals surface area (Å²) in [5.41, 5.74) is 3.03. The summed E-state index contributed by atoms with van der Waals surface area (Å²) >= 11 is 0. The molecule has 4 heteroatoms. The number of aryl methyl sites for hydroxylation is 1. The Kier molecular flexibility index (Phi) is 2.78. The van der Waals surface area contributed by atoms with Crippen LogP contribution in [0, 0.1) is 11.3 Å². The molecule has 0 unspecified atom stereocenters. The Hall–Kier alpha value is -2.02. The van der Waals surface area contributed by atoms with Crippen molar-refractivity contribution < 1.29 is 4.79 Å². The van der Waals surface area contributed by atoms with Crippen molar-refractivity contribution in [2.45, 2.75) is 12.8 Å². The fourth-order valence-corrected chi connectivity index (χ4v) is 1.96. The van der Waals surface area contributed by atoms with Crippen LogP contribution in [-0.2, 0) is 11.2 Å². The standard InChI is InChI=1S/C12H13N3O/c1-14-10-3-4-11-9(8-10)2-5-12(16)15(11)7-6-13/h3-4,8,14H,2,5,7H2,1H3. The van der Waals surface area contributed by atoms with E-state index in [1.807, 2.05) is 31.3 Å². The molecule has 1 aliphatic heterocycles. The lowest BCUT2D eigenvalue weighted by Crippen LogP contribution is -2.35. The third-order valence-electron chi connectivity index (χ3n) is 2.80. The first-order chi connectivity index (χ1) is 7.76. The van der Waals surface area contributed by atoms with Crippen LogP contribution in [0.3, 0.4) is 0 Å². The van der Waals surface area contributed by atoms with Gasteiger partial charge in [-0.05, 0) is 30.2 Å². The maximum absolute atomic E-state index is 11.7. The van der Waals surface area contributed by atoms with Gasteiger partial charge in [0.05, 0.1) is 6.07 Å². The normalized spacial score (nSPS) is 14.2. The first-order valence-corrected chi connectivity index (χ1v) is 5.24. The summed E-state index contributed by atoms with van der Waals surface area (Å²) in [5.74, 6) is 0.0336. The molecule has 0 bridgehead atoms. The number of anilines is 2. The number of rotatable bonds is 2. The Labute approximate surface area is 94.5 Å². The van der Waals surface area contributed by atoms with Gasteiger partial charge in [-0.1, -0.05) is 0 Å². The van der Waals surface area contributed by atoms with Crippen molar-refractivity contribution in [3.8, 4) is 6.07 Å². The molecular weight excluding hydrogens is 202 g/mol. The molecule has 2 rings (SSSR count). The van der Waals surface area contributed by atoms with Gasteiger partial charge in [-0.2, -0.15) is 5.26 Å². The fraction of sp³-hybridized carbons (Fsp3) is 0.333. The van der Waals surface area contributed by atoms with Crippen LogP contribution < -0.4 is 10.2 Å². The highest BCUT2D eigenvalue weighted by atomic mass is 16.2. The van der Waals surface area contributed by atoms with E-state index in [0.29, 0.717) is 6.42 Å². The molecule has 0 aliphatic carbocycles. The van der Waals surface area contributed by atoms with Crippen LogP contribution in [0.25, 0.3) is 0 Å². The minimum absolute atomic E-state index is 0.0336. The molecule has 0 spiro atoms. The molecular formula is C12H13N3O. The Balaban J connectivity index is 2.41. The van der Waals surface area contributed by atoms with Crippen molar-refractivity contribution in [2.24, 2.45) is 0 Å². The van der Waals surface area contributed by atoms with Gasteiger partial charge in [0.1, 0.15) is 6.54 Å². The van der Waals surface area contributed by atoms with Crippen LogP contribution in [0.4, 0.5) is 11.4 Å². The summed E-state index contributed by atoms with van der Waals surface area (Å²) in [6.07, 6.45) is 1.24. The Morgan fingerprint density at radius 2 is 2.31 bits per heavy atom. The zero-order chi connectivity index (χ0) is 11.5. The van der Waals surface area contributed by atoms with Crippen molar-refractivity contribution in [3.63, 3.8) is 0 Å². The van der Waals surface area contributed by atoms with Crippen LogP contribution in [-0.4, -0.2) is 19.5 Å². The van der Waals surface area contributed by atoms with E-state index >= 15 is 0 Å². The largest absolute Gasteiger partial charge is 0.388 e. The quantitative estimate of drug-likeness (QED) is 0.761. The average molecular weight is 215 g/mol. The molecule has 1 aliphatic rings. The van der Waals surface area contributed by atoms with Crippen molar-refractivity contribution >= 4 is 17.3 Å². The summed E-state index contributed by atoms with van der Waals surface area (Å²) in [5, 5.41) is 11.8. The van der Waals surface area contributed by atoms with E-state index in [4.69, 9.17) is 5.26 Å². The molecule has 4 nitrogen and oxygen atoms in total. The molecule has 0 radical (unpaired) electrons. The second-order valence-electron chi connectivity index (χ2n) is 3.73. The zero-order valence-electron chi connectivity index (χ0n) is 9.16. The SMILES string of the molecule is CNc1ccc2c(c1)CCC(=O)N2CC#N. The van der Waals surface area contributed by atoms with E-state index in [0.717, 1.165) is 23.4 Å². The van der Waals surface area contributed by atoms with Gasteiger partial charge in [-0.25, -0.2) is 0 Å². The van der Waals surface area contributed by atoms with Gasteiger partial charge in [0.15, 0.2) is 0 Å². The van der Waals surface area contributed by atoms with E-state index in [1.165, 1.54) is 0 Å². The van der Waals surface area contributed by atoms with E-state index in [1.54, 1.807) is 4.90 Å². The van der Waals surface area contributed by atoms with Crippen LogP contribution in [0.2, 0.25) is 0 Å². The second kappa shape index (κ2) is 4.23. The van der Waals surface area contributed by atoms with Crippen LogP contribution in [0.1, 0.15) is 12.0 Å². The van der Waals surface area contributed by atoms with E-state index < -0.39 is 0 Å². The minimum Gasteiger partial charge on any atom is -0.388 e. The second-order valence-corrected chi connectivity index (χ2v) is 3.73. The number of amides is 1. The first kappa shape index (κ1) is 10.5. The highest BCUT2D eigenvalue weighted by Gasteiger charge is 2.23. The molecule has 1 amide bonds. The minimum atomic E-state index is 0.0336. The van der Waals surface area contributed by atoms with Gasteiger partial charge in [0, 0.05) is 24.8 Å². The van der Waals surface area contributed by atoms with E-state index in [9.17, 15) is 4.79 Å². The van der Waals surface area contributed by atoms with Crippen LogP contribution >= 0.6 is 0 Å². The molecule has 1 N–H and O–H groups in total. The zero-order valence-corrected chi connectivity index (χ0v) is 9.16. The predicted molar refractivity (Wildman–Crippen MR) is 62.3 cm³/mol. The predicted octanol–water partition coefficient (Wildman–Crippen LogP) is 1.53. The number of nitrogens with zero attached hydrogens (tertiary/aromatic N) is 2. The third-order valence-corrected chi connectivity index (χ3v) is 2.80. The summed E-state index contributed by atoms with van der Waals surface area (Å²) in [4.78, 5) is 13.2. The summed E-state index contributed by atoms with van der Waals surface area (Å²) in [6.45, 7) is 0.130. The Bertz CT molecular complexity index is 462. The molecule has 16 heavy (non-hydrogen) atoms.